The molecule has 6 heteroatoms. The van der Waals surface area contributed by atoms with E-state index in [1.54, 1.807) is 0 Å². The smallest absolute Gasteiger partial charge is 0.264 e. The van der Waals surface area contributed by atoms with Crippen LogP contribution in [0.15, 0.2) is 30.3 Å². The van der Waals surface area contributed by atoms with Crippen molar-refractivity contribution in [3.05, 3.63) is 35.9 Å². The third kappa shape index (κ3) is 35.9. The van der Waals surface area contributed by atoms with Gasteiger partial charge in [0.2, 0.25) is 0 Å². The zero-order chi connectivity index (χ0) is 19.4. The third-order valence-electron chi connectivity index (χ3n) is 3.65. The summed E-state index contributed by atoms with van der Waals surface area (Å²) in [6.45, 7) is 4.37. The van der Waals surface area contributed by atoms with Crippen molar-refractivity contribution in [2.75, 3.05) is 0 Å². The Morgan fingerprint density at radius 3 is 1.44 bits per heavy atom. The molecule has 0 atom stereocenters. The Morgan fingerprint density at radius 2 is 1.16 bits per heavy atom. The Labute approximate surface area is 172 Å². The van der Waals surface area contributed by atoms with Crippen LogP contribution in [-0.2, 0) is 10.4 Å². The molecule has 0 saturated carbocycles. The first-order chi connectivity index (χ1) is 11.8. The van der Waals surface area contributed by atoms with Crippen LogP contribution in [0.1, 0.15) is 76.7 Å². The second-order valence-electron chi connectivity index (χ2n) is 6.28. The summed E-state index contributed by atoms with van der Waals surface area (Å²) in [7, 11) is -4.67. The first-order valence-corrected chi connectivity index (χ1v) is 12.3. The van der Waals surface area contributed by atoms with Gasteiger partial charge in [-0.2, -0.15) is 8.42 Å². The minimum Gasteiger partial charge on any atom is -0.264 e. The number of hydrogen-bond acceptors (Lipinski definition) is 2. The molecule has 0 saturated heterocycles. The Hall–Kier alpha value is 0.0900. The minimum atomic E-state index is -4.67. The molecule has 142 valence electrons. The molecule has 0 radical (unpaired) electrons. The van der Waals surface area contributed by atoms with Gasteiger partial charge >= 0.3 is 113 Å². The molecule has 1 aromatic rings. The van der Waals surface area contributed by atoms with E-state index in [1.807, 2.05) is 18.2 Å². The quantitative estimate of drug-likeness (QED) is 0.303. The number of hydrogen-bond donors (Lipinski definition) is 2. The number of unbranched alkanes of at least 4 members (excludes halogenated alkanes) is 9. The van der Waals surface area contributed by atoms with E-state index in [2.05, 4.69) is 26.0 Å². The summed E-state index contributed by atoms with van der Waals surface area (Å²) in [6, 6.07) is 10.3. The molecule has 0 aliphatic heterocycles. The first-order valence-electron chi connectivity index (χ1n) is 9.52. The van der Waals surface area contributed by atoms with Crippen LogP contribution in [0.2, 0.25) is 3.67 Å². The molecule has 0 aliphatic carbocycles. The van der Waals surface area contributed by atoms with Crippen molar-refractivity contribution in [2.24, 2.45) is 0 Å². The maximum atomic E-state index is 8.74. The predicted octanol–water partition coefficient (Wildman–Crippen LogP) is 5.84. The maximum Gasteiger partial charge on any atom is 0.394 e. The topological polar surface area (TPSA) is 74.6 Å². The summed E-state index contributed by atoms with van der Waals surface area (Å²) in [5, 5.41) is 0. The van der Waals surface area contributed by atoms with E-state index in [-0.39, 0.29) is 0 Å². The van der Waals surface area contributed by atoms with Crippen molar-refractivity contribution in [3.63, 3.8) is 0 Å². The molecular weight excluding hydrogens is 347 g/mol. The van der Waals surface area contributed by atoms with Gasteiger partial charge in [0.15, 0.2) is 0 Å². The van der Waals surface area contributed by atoms with Gasteiger partial charge in [-0.25, -0.2) is 0 Å². The summed E-state index contributed by atoms with van der Waals surface area (Å²) in [5.74, 6) is 0. The summed E-state index contributed by atoms with van der Waals surface area (Å²) < 4.78 is 33.1. The maximum absolute atomic E-state index is 8.74. The Bertz CT molecular complexity index is 446. The Balaban J connectivity index is 0. The van der Waals surface area contributed by atoms with Crippen molar-refractivity contribution in [1.29, 1.82) is 0 Å². The van der Waals surface area contributed by atoms with E-state index in [9.17, 15) is 0 Å². The monoisotopic (exact) mass is 382 g/mol. The van der Waals surface area contributed by atoms with Gasteiger partial charge in [-0.1, -0.05) is 35.9 Å². The van der Waals surface area contributed by atoms with Crippen molar-refractivity contribution >= 4 is 38.3 Å². The average molecular weight is 383 g/mol. The van der Waals surface area contributed by atoms with Gasteiger partial charge in [-0.05, 0) is 6.92 Å². The fraction of sp³-hybridized carbons (Fsp3) is 0.684. The molecule has 2 N–H and O–H groups in total. The number of rotatable bonds is 10. The van der Waals surface area contributed by atoms with Crippen molar-refractivity contribution in [1.82, 2.24) is 0 Å². The minimum absolute atomic E-state index is 1.32. The SMILES string of the molecule is CCCCCCCCCCC[CH2][Na].Cc1ccccc1.O=S(=O)(O)O. The Morgan fingerprint density at radius 1 is 0.800 bits per heavy atom. The number of aryl methyl sites for hydroxylation is 1. The van der Waals surface area contributed by atoms with Crippen molar-refractivity contribution in [2.45, 2.75) is 81.7 Å². The molecule has 0 aliphatic rings. The summed E-state index contributed by atoms with van der Waals surface area (Å²) in [4.78, 5) is 0. The molecule has 0 spiro atoms. The fourth-order valence-electron chi connectivity index (χ4n) is 2.27. The van der Waals surface area contributed by atoms with Crippen molar-refractivity contribution < 1.29 is 17.5 Å². The molecule has 0 heterocycles. The van der Waals surface area contributed by atoms with E-state index >= 15 is 0 Å². The van der Waals surface area contributed by atoms with E-state index in [0.29, 0.717) is 0 Å². The van der Waals surface area contributed by atoms with Gasteiger partial charge in [0.05, 0.1) is 0 Å². The molecule has 0 aromatic heterocycles. The molecule has 1 aromatic carbocycles. The van der Waals surface area contributed by atoms with E-state index in [1.165, 1.54) is 101 Å². The van der Waals surface area contributed by atoms with Gasteiger partial charge in [-0.3, -0.25) is 9.11 Å². The normalized spacial score (nSPS) is 10.3. The molecule has 1 rings (SSSR count). The van der Waals surface area contributed by atoms with Crippen LogP contribution in [0.5, 0.6) is 0 Å². The second kappa shape index (κ2) is 20.4. The molecule has 0 fully saturated rings. The zero-order valence-electron chi connectivity index (χ0n) is 16.3. The van der Waals surface area contributed by atoms with Gasteiger partial charge < -0.3 is 0 Å². The van der Waals surface area contributed by atoms with Gasteiger partial charge in [0, 0.05) is 0 Å². The molecule has 0 unspecified atom stereocenters. The largest absolute Gasteiger partial charge is 0.394 e. The third-order valence-corrected chi connectivity index (χ3v) is 4.35. The molecule has 0 amide bonds. The van der Waals surface area contributed by atoms with E-state index in [4.69, 9.17) is 17.5 Å². The van der Waals surface area contributed by atoms with Crippen LogP contribution in [0, 0.1) is 6.92 Å². The molecule has 0 bridgehead atoms. The molecule has 25 heavy (non-hydrogen) atoms. The standard InChI is InChI=1S/C12H25.C7H8.Na.H2O4S/c1-3-5-7-9-11-12-10-8-6-4-2;1-7-5-3-2-4-6-7;;1-5(2,3)4/h1,3-12H2,2H3;2-6H,1H3;;(H2,1,2,3,4). The summed E-state index contributed by atoms with van der Waals surface area (Å²) in [6.07, 6.45) is 14.7. The number of benzene rings is 1. The Kier molecular flexibility index (Phi) is 22.3. The average Bonchev–Trinajstić information content (AvgIpc) is 2.53. The van der Waals surface area contributed by atoms with Crippen LogP contribution >= 0.6 is 0 Å². The van der Waals surface area contributed by atoms with Crippen LogP contribution < -0.4 is 0 Å². The van der Waals surface area contributed by atoms with Crippen LogP contribution in [0.4, 0.5) is 0 Å². The summed E-state index contributed by atoms with van der Waals surface area (Å²) in [5.41, 5.74) is 1.32. The van der Waals surface area contributed by atoms with Crippen molar-refractivity contribution in [3.8, 4) is 0 Å². The van der Waals surface area contributed by atoms with Crippen LogP contribution in [0.25, 0.3) is 0 Å². The fourth-order valence-corrected chi connectivity index (χ4v) is 2.77. The summed E-state index contributed by atoms with van der Waals surface area (Å²) >= 11 is 1.41. The van der Waals surface area contributed by atoms with E-state index < -0.39 is 10.4 Å². The molecule has 4 nitrogen and oxygen atoms in total. The van der Waals surface area contributed by atoms with E-state index in [0.717, 1.165) is 0 Å². The van der Waals surface area contributed by atoms with Crippen LogP contribution in [0.3, 0.4) is 0 Å². The second-order valence-corrected chi connectivity index (χ2v) is 8.18. The van der Waals surface area contributed by atoms with Gasteiger partial charge in [0.25, 0.3) is 0 Å². The van der Waals surface area contributed by atoms with Crippen LogP contribution in [-0.4, -0.2) is 45.5 Å². The first kappa shape index (κ1) is 27.3. The zero-order valence-corrected chi connectivity index (χ0v) is 19.1. The predicted molar refractivity (Wildman–Crippen MR) is 108 cm³/mol. The van der Waals surface area contributed by atoms with Gasteiger partial charge in [-0.15, -0.1) is 0 Å². The van der Waals surface area contributed by atoms with Gasteiger partial charge in [0.1, 0.15) is 0 Å². The molecular formula is C19H35NaO4S.